The van der Waals surface area contributed by atoms with Crippen LogP contribution in [-0.4, -0.2) is 17.0 Å². The zero-order chi connectivity index (χ0) is 13.1. The number of ether oxygens (including phenoxy) is 1. The van der Waals surface area contributed by atoms with Crippen LogP contribution in [0.3, 0.4) is 0 Å². The Balaban J connectivity index is 2.04. The molecule has 0 aliphatic rings. The van der Waals surface area contributed by atoms with Gasteiger partial charge in [0.2, 0.25) is 5.78 Å². The van der Waals surface area contributed by atoms with Crippen molar-refractivity contribution in [3.8, 4) is 5.75 Å². The summed E-state index contributed by atoms with van der Waals surface area (Å²) in [5.74, 6) is -1.92. The van der Waals surface area contributed by atoms with Crippen LogP contribution < -0.4 is 4.74 Å². The molecule has 3 nitrogen and oxygen atoms in total. The first-order valence-corrected chi connectivity index (χ1v) is 5.30. The summed E-state index contributed by atoms with van der Waals surface area (Å²) >= 11 is 0. The zero-order valence-electron chi connectivity index (χ0n) is 9.69. The lowest BCUT2D eigenvalue weighted by atomic mass is 10.3. The van der Waals surface area contributed by atoms with Crippen molar-refractivity contribution < 1.29 is 18.3 Å². The first-order chi connectivity index (χ1) is 8.58. The summed E-state index contributed by atoms with van der Waals surface area (Å²) in [6, 6.07) is 6.31. The lowest BCUT2D eigenvalue weighted by Crippen LogP contribution is -2.15. The van der Waals surface area contributed by atoms with E-state index in [4.69, 9.17) is 4.74 Å². The molecule has 0 radical (unpaired) electrons. The minimum atomic E-state index is -0.824. The SMILES string of the molecule is Cn1cccc1C(=O)COc1ccc(F)cc1F. The minimum absolute atomic E-state index is 0.140. The molecule has 0 saturated heterocycles. The molecule has 2 rings (SSSR count). The van der Waals surface area contributed by atoms with E-state index in [9.17, 15) is 13.6 Å². The number of rotatable bonds is 4. The molecule has 0 spiro atoms. The molecule has 0 fully saturated rings. The fourth-order valence-corrected chi connectivity index (χ4v) is 1.56. The van der Waals surface area contributed by atoms with Gasteiger partial charge in [-0.15, -0.1) is 0 Å². The van der Waals surface area contributed by atoms with Gasteiger partial charge in [-0.25, -0.2) is 8.78 Å². The predicted molar refractivity (Wildman–Crippen MR) is 61.6 cm³/mol. The lowest BCUT2D eigenvalue weighted by molar-refractivity contribution is 0.0910. The molecule has 0 amide bonds. The molecule has 2 aromatic rings. The molecular weight excluding hydrogens is 240 g/mol. The number of nitrogens with zero attached hydrogens (tertiary/aromatic N) is 1. The van der Waals surface area contributed by atoms with Gasteiger partial charge < -0.3 is 9.30 Å². The Hall–Kier alpha value is -2.17. The summed E-state index contributed by atoms with van der Waals surface area (Å²) in [4.78, 5) is 11.7. The van der Waals surface area contributed by atoms with E-state index in [0.717, 1.165) is 12.1 Å². The van der Waals surface area contributed by atoms with Crippen molar-refractivity contribution in [3.63, 3.8) is 0 Å². The van der Waals surface area contributed by atoms with Gasteiger partial charge in [0, 0.05) is 19.3 Å². The van der Waals surface area contributed by atoms with Gasteiger partial charge in [-0.05, 0) is 24.3 Å². The average Bonchev–Trinajstić information content (AvgIpc) is 2.74. The van der Waals surface area contributed by atoms with Crippen molar-refractivity contribution in [1.29, 1.82) is 0 Å². The fourth-order valence-electron chi connectivity index (χ4n) is 1.56. The normalized spacial score (nSPS) is 10.4. The Morgan fingerprint density at radius 3 is 2.72 bits per heavy atom. The molecule has 0 aliphatic carbocycles. The minimum Gasteiger partial charge on any atom is -0.482 e. The van der Waals surface area contributed by atoms with Gasteiger partial charge in [-0.1, -0.05) is 0 Å². The molecule has 0 bridgehead atoms. The number of hydrogen-bond donors (Lipinski definition) is 0. The number of aryl methyl sites for hydroxylation is 1. The monoisotopic (exact) mass is 251 g/mol. The van der Waals surface area contributed by atoms with Gasteiger partial charge in [0.1, 0.15) is 5.82 Å². The molecule has 1 aromatic carbocycles. The summed E-state index contributed by atoms with van der Waals surface area (Å²) in [6.07, 6.45) is 1.73. The van der Waals surface area contributed by atoms with E-state index in [1.807, 2.05) is 0 Å². The van der Waals surface area contributed by atoms with Crippen molar-refractivity contribution in [2.24, 2.45) is 7.05 Å². The third-order valence-electron chi connectivity index (χ3n) is 2.48. The molecule has 1 aromatic heterocycles. The number of Topliss-reactive ketones (excluding diaryl/α,β-unsaturated/α-hetero) is 1. The first-order valence-electron chi connectivity index (χ1n) is 5.30. The highest BCUT2D eigenvalue weighted by Gasteiger charge is 2.11. The van der Waals surface area contributed by atoms with Crippen LogP contribution in [-0.2, 0) is 7.05 Å². The number of halogens is 2. The van der Waals surface area contributed by atoms with E-state index in [-0.39, 0.29) is 18.1 Å². The van der Waals surface area contributed by atoms with Gasteiger partial charge in [0.25, 0.3) is 0 Å². The second-order valence-electron chi connectivity index (χ2n) is 3.79. The van der Waals surface area contributed by atoms with Gasteiger partial charge in [-0.2, -0.15) is 0 Å². The number of carbonyl (C=O) groups is 1. The summed E-state index contributed by atoms with van der Waals surface area (Å²) in [6.45, 7) is -0.291. The van der Waals surface area contributed by atoms with Crippen LogP contribution in [0.25, 0.3) is 0 Å². The average molecular weight is 251 g/mol. The van der Waals surface area contributed by atoms with E-state index >= 15 is 0 Å². The third-order valence-corrected chi connectivity index (χ3v) is 2.48. The van der Waals surface area contributed by atoms with Crippen molar-refractivity contribution in [2.75, 3.05) is 6.61 Å². The molecule has 0 aliphatic heterocycles. The van der Waals surface area contributed by atoms with E-state index in [2.05, 4.69) is 0 Å². The highest BCUT2D eigenvalue weighted by Crippen LogP contribution is 2.17. The molecule has 0 N–H and O–H groups in total. The first kappa shape index (κ1) is 12.3. The molecule has 1 heterocycles. The maximum Gasteiger partial charge on any atom is 0.216 e. The van der Waals surface area contributed by atoms with Gasteiger partial charge in [-0.3, -0.25) is 4.79 Å². The third kappa shape index (κ3) is 2.56. The van der Waals surface area contributed by atoms with Crippen molar-refractivity contribution >= 4 is 5.78 Å². The van der Waals surface area contributed by atoms with Crippen molar-refractivity contribution in [1.82, 2.24) is 4.57 Å². The highest BCUT2D eigenvalue weighted by atomic mass is 19.1. The van der Waals surface area contributed by atoms with E-state index in [0.29, 0.717) is 11.8 Å². The zero-order valence-corrected chi connectivity index (χ0v) is 9.69. The predicted octanol–water partition coefficient (Wildman–Crippen LogP) is 2.57. The number of hydrogen-bond acceptors (Lipinski definition) is 2. The van der Waals surface area contributed by atoms with Crippen LogP contribution in [0.4, 0.5) is 8.78 Å². The Morgan fingerprint density at radius 1 is 1.33 bits per heavy atom. The number of carbonyl (C=O) groups excluding carboxylic acids is 1. The standard InChI is InChI=1S/C13H11F2NO2/c1-16-6-2-3-11(16)12(17)8-18-13-5-4-9(14)7-10(13)15/h2-7H,8H2,1H3. The summed E-state index contributed by atoms with van der Waals surface area (Å²) in [7, 11) is 1.73. The van der Waals surface area contributed by atoms with Crippen LogP contribution in [0, 0.1) is 11.6 Å². The topological polar surface area (TPSA) is 31.2 Å². The summed E-state index contributed by atoms with van der Waals surface area (Å²) in [5, 5.41) is 0. The highest BCUT2D eigenvalue weighted by molar-refractivity contribution is 5.95. The Kier molecular flexibility index (Phi) is 3.41. The van der Waals surface area contributed by atoms with Gasteiger partial charge in [0.05, 0.1) is 5.69 Å². The Bertz CT molecular complexity index is 578. The lowest BCUT2D eigenvalue weighted by Gasteiger charge is -2.07. The van der Waals surface area contributed by atoms with E-state index in [1.54, 1.807) is 29.9 Å². The summed E-state index contributed by atoms with van der Waals surface area (Å²) in [5.41, 5.74) is 0.470. The second kappa shape index (κ2) is 5.00. The van der Waals surface area contributed by atoms with Crippen LogP contribution >= 0.6 is 0 Å². The molecule has 0 unspecified atom stereocenters. The number of benzene rings is 1. The maximum absolute atomic E-state index is 13.2. The molecule has 0 atom stereocenters. The quantitative estimate of drug-likeness (QED) is 0.782. The van der Waals surface area contributed by atoms with Gasteiger partial charge >= 0.3 is 0 Å². The summed E-state index contributed by atoms with van der Waals surface area (Å²) < 4.78 is 32.6. The Morgan fingerprint density at radius 2 is 2.11 bits per heavy atom. The molecule has 0 saturated carbocycles. The van der Waals surface area contributed by atoms with Gasteiger partial charge in [0.15, 0.2) is 18.2 Å². The smallest absolute Gasteiger partial charge is 0.216 e. The van der Waals surface area contributed by atoms with Crippen LogP contribution in [0.5, 0.6) is 5.75 Å². The van der Waals surface area contributed by atoms with E-state index in [1.165, 1.54) is 0 Å². The number of aromatic nitrogens is 1. The van der Waals surface area contributed by atoms with Crippen LogP contribution in [0.2, 0.25) is 0 Å². The van der Waals surface area contributed by atoms with E-state index < -0.39 is 11.6 Å². The molecule has 18 heavy (non-hydrogen) atoms. The largest absolute Gasteiger partial charge is 0.482 e. The maximum atomic E-state index is 13.2. The van der Waals surface area contributed by atoms with Crippen molar-refractivity contribution in [3.05, 3.63) is 53.9 Å². The van der Waals surface area contributed by atoms with Crippen LogP contribution in [0.15, 0.2) is 36.5 Å². The Labute approximate surface area is 103 Å². The second-order valence-corrected chi connectivity index (χ2v) is 3.79. The molecular formula is C13H11F2NO2. The number of ketones is 1. The molecule has 94 valence electrons. The molecule has 5 heteroatoms. The van der Waals surface area contributed by atoms with Crippen LogP contribution in [0.1, 0.15) is 10.5 Å². The van der Waals surface area contributed by atoms with Crippen molar-refractivity contribution in [2.45, 2.75) is 0 Å². The fraction of sp³-hybridized carbons (Fsp3) is 0.154.